The molecule has 0 aliphatic rings. The Morgan fingerprint density at radius 2 is 1.60 bits per heavy atom. The molecule has 0 bridgehead atoms. The molecular weight excluding hydrogens is 556 g/mol. The molecule has 7 nitrogen and oxygen atoms in total. The van der Waals surface area contributed by atoms with Gasteiger partial charge in [-0.15, -0.1) is 0 Å². The minimum absolute atomic E-state index is 0.0135. The fourth-order valence-corrected chi connectivity index (χ4v) is 4.91. The highest BCUT2D eigenvalue weighted by Crippen LogP contribution is 2.31. The second kappa shape index (κ2) is 11.6. The molecule has 1 N–H and O–H groups in total. The Kier molecular flexibility index (Phi) is 9.75. The Hall–Kier alpha value is -1.71. The van der Waals surface area contributed by atoms with Crippen LogP contribution in [0.4, 0.5) is 5.69 Å². The highest BCUT2D eigenvalue weighted by molar-refractivity contribution is 7.92. The van der Waals surface area contributed by atoms with Crippen LogP contribution in [0.2, 0.25) is 20.1 Å². The number of hydrogen-bond acceptors (Lipinski definition) is 4. The normalized spacial score (nSPS) is 12.7. The van der Waals surface area contributed by atoms with Crippen molar-refractivity contribution in [2.45, 2.75) is 45.8 Å². The third-order valence-electron chi connectivity index (χ3n) is 4.86. The number of halogens is 4. The first-order chi connectivity index (χ1) is 16.0. The van der Waals surface area contributed by atoms with Crippen LogP contribution in [-0.4, -0.2) is 49.5 Å². The molecule has 1 atom stereocenters. The maximum absolute atomic E-state index is 13.5. The lowest BCUT2D eigenvalue weighted by Gasteiger charge is -2.33. The Morgan fingerprint density at radius 1 is 0.971 bits per heavy atom. The molecule has 192 valence electrons. The average Bonchev–Trinajstić information content (AvgIpc) is 2.70. The zero-order valence-electron chi connectivity index (χ0n) is 19.9. The number of amides is 2. The Labute approximate surface area is 226 Å². The van der Waals surface area contributed by atoms with Crippen molar-refractivity contribution in [1.82, 2.24) is 10.2 Å². The number of carbonyl (C=O) groups is 2. The molecule has 0 aliphatic carbocycles. The summed E-state index contributed by atoms with van der Waals surface area (Å²) in [7, 11) is -3.92. The van der Waals surface area contributed by atoms with E-state index in [1.807, 2.05) is 20.8 Å². The van der Waals surface area contributed by atoms with Gasteiger partial charge in [0.05, 0.1) is 27.0 Å². The summed E-state index contributed by atoms with van der Waals surface area (Å²) in [5.41, 5.74) is 0.158. The van der Waals surface area contributed by atoms with E-state index in [0.29, 0.717) is 15.6 Å². The van der Waals surface area contributed by atoms with Gasteiger partial charge in [0, 0.05) is 17.1 Å². The molecule has 0 heterocycles. The van der Waals surface area contributed by atoms with E-state index >= 15 is 0 Å². The predicted molar refractivity (Wildman–Crippen MR) is 143 cm³/mol. The summed E-state index contributed by atoms with van der Waals surface area (Å²) >= 11 is 24.3. The summed E-state index contributed by atoms with van der Waals surface area (Å²) < 4.78 is 26.1. The molecule has 2 amide bonds. The lowest BCUT2D eigenvalue weighted by molar-refractivity contribution is -0.140. The molecular formula is C23H27Cl4N3O4S. The molecule has 0 aromatic heterocycles. The van der Waals surface area contributed by atoms with Crippen molar-refractivity contribution in [3.05, 3.63) is 62.1 Å². The van der Waals surface area contributed by atoms with E-state index in [0.717, 1.165) is 10.6 Å². The minimum atomic E-state index is -3.92. The Bertz CT molecular complexity index is 1220. The number of rotatable bonds is 8. The Balaban J connectivity index is 2.46. The van der Waals surface area contributed by atoms with Crippen LogP contribution >= 0.6 is 46.4 Å². The number of benzene rings is 2. The maximum atomic E-state index is 13.5. The Morgan fingerprint density at radius 3 is 2.11 bits per heavy atom. The highest BCUT2D eigenvalue weighted by atomic mass is 35.5. The average molecular weight is 583 g/mol. The van der Waals surface area contributed by atoms with Gasteiger partial charge in [-0.2, -0.15) is 0 Å². The number of nitrogens with zero attached hydrogens (tertiary/aromatic N) is 2. The van der Waals surface area contributed by atoms with Gasteiger partial charge in [0.15, 0.2) is 0 Å². The van der Waals surface area contributed by atoms with Crippen LogP contribution < -0.4 is 9.62 Å². The first-order valence-electron chi connectivity index (χ1n) is 10.5. The van der Waals surface area contributed by atoms with Crippen molar-refractivity contribution < 1.29 is 18.0 Å². The topological polar surface area (TPSA) is 86.8 Å². The summed E-state index contributed by atoms with van der Waals surface area (Å²) in [5, 5.41) is 3.84. The lowest BCUT2D eigenvalue weighted by atomic mass is 10.1. The molecule has 35 heavy (non-hydrogen) atoms. The first kappa shape index (κ1) is 29.5. The van der Waals surface area contributed by atoms with Gasteiger partial charge < -0.3 is 10.2 Å². The van der Waals surface area contributed by atoms with Crippen molar-refractivity contribution in [1.29, 1.82) is 0 Å². The predicted octanol–water partition coefficient (Wildman–Crippen LogP) is 5.40. The van der Waals surface area contributed by atoms with Crippen molar-refractivity contribution in [2.24, 2.45) is 0 Å². The summed E-state index contributed by atoms with van der Waals surface area (Å²) in [4.78, 5) is 27.8. The van der Waals surface area contributed by atoms with E-state index in [4.69, 9.17) is 46.4 Å². The molecule has 0 aliphatic heterocycles. The van der Waals surface area contributed by atoms with Gasteiger partial charge in [0.25, 0.3) is 0 Å². The lowest BCUT2D eigenvalue weighted by Crippen LogP contribution is -2.54. The second-order valence-electron chi connectivity index (χ2n) is 9.05. The molecule has 12 heteroatoms. The van der Waals surface area contributed by atoms with Crippen LogP contribution in [0.5, 0.6) is 0 Å². The quantitative estimate of drug-likeness (QED) is 0.451. The number of sulfonamides is 1. The van der Waals surface area contributed by atoms with Crippen LogP contribution in [-0.2, 0) is 26.2 Å². The molecule has 2 aromatic carbocycles. The SMILES string of the molecule is C[C@@H](C(=O)NC(C)(C)C)N(Cc1ccc(Cl)c(Cl)c1)C(=O)CN(c1ccc(Cl)cc1Cl)S(C)(=O)=O. The summed E-state index contributed by atoms with van der Waals surface area (Å²) in [6.45, 7) is 6.41. The van der Waals surface area contributed by atoms with Crippen LogP contribution in [0.1, 0.15) is 33.3 Å². The van der Waals surface area contributed by atoms with Crippen LogP contribution in [0.3, 0.4) is 0 Å². The number of carbonyl (C=O) groups excluding carboxylic acids is 2. The van der Waals surface area contributed by atoms with Gasteiger partial charge in [-0.1, -0.05) is 52.5 Å². The largest absolute Gasteiger partial charge is 0.350 e. The molecule has 2 rings (SSSR count). The van der Waals surface area contributed by atoms with Crippen LogP contribution in [0, 0.1) is 0 Å². The number of nitrogens with one attached hydrogen (secondary N) is 1. The van der Waals surface area contributed by atoms with E-state index in [-0.39, 0.29) is 22.3 Å². The summed E-state index contributed by atoms with van der Waals surface area (Å²) in [5.74, 6) is -1.02. The zero-order valence-corrected chi connectivity index (χ0v) is 23.7. The van der Waals surface area contributed by atoms with E-state index in [9.17, 15) is 18.0 Å². The third kappa shape index (κ3) is 8.43. The van der Waals surface area contributed by atoms with E-state index in [1.54, 1.807) is 25.1 Å². The van der Waals surface area contributed by atoms with E-state index in [2.05, 4.69) is 5.32 Å². The van der Waals surface area contributed by atoms with E-state index in [1.165, 1.54) is 23.1 Å². The number of anilines is 1. The van der Waals surface area contributed by atoms with Crippen molar-refractivity contribution in [3.63, 3.8) is 0 Å². The molecule has 0 radical (unpaired) electrons. The minimum Gasteiger partial charge on any atom is -0.350 e. The van der Waals surface area contributed by atoms with Gasteiger partial charge >= 0.3 is 0 Å². The molecule has 0 saturated carbocycles. The summed E-state index contributed by atoms with van der Waals surface area (Å²) in [6.07, 6.45) is 0.963. The van der Waals surface area contributed by atoms with Crippen molar-refractivity contribution >= 4 is 73.9 Å². The fraction of sp³-hybridized carbons (Fsp3) is 0.391. The monoisotopic (exact) mass is 581 g/mol. The second-order valence-corrected chi connectivity index (χ2v) is 12.6. The standard InChI is InChI=1S/C23H27Cl4N3O4S/c1-14(22(32)28-23(2,3)4)29(12-15-6-8-17(25)18(26)10-15)21(31)13-30(35(5,33)34)20-9-7-16(24)11-19(20)27/h6-11,14H,12-13H2,1-5H3,(H,28,32)/t14-/m0/s1. The van der Waals surface area contributed by atoms with Crippen LogP contribution in [0.25, 0.3) is 0 Å². The first-order valence-corrected chi connectivity index (χ1v) is 13.8. The van der Waals surface area contributed by atoms with Crippen molar-refractivity contribution in [2.75, 3.05) is 17.1 Å². The fourth-order valence-electron chi connectivity index (χ4n) is 3.17. The summed E-state index contributed by atoms with van der Waals surface area (Å²) in [6, 6.07) is 8.18. The number of hydrogen-bond donors (Lipinski definition) is 1. The van der Waals surface area contributed by atoms with Gasteiger partial charge in [-0.3, -0.25) is 13.9 Å². The molecule has 0 fully saturated rings. The van der Waals surface area contributed by atoms with E-state index < -0.39 is 40.0 Å². The maximum Gasteiger partial charge on any atom is 0.244 e. The van der Waals surface area contributed by atoms with Crippen molar-refractivity contribution in [3.8, 4) is 0 Å². The molecule has 0 spiro atoms. The highest BCUT2D eigenvalue weighted by Gasteiger charge is 2.32. The molecule has 2 aromatic rings. The zero-order chi connectivity index (χ0) is 26.7. The van der Waals surface area contributed by atoms with Crippen LogP contribution in [0.15, 0.2) is 36.4 Å². The van der Waals surface area contributed by atoms with Gasteiger partial charge in [-0.05, 0) is 63.6 Å². The smallest absolute Gasteiger partial charge is 0.244 e. The van der Waals surface area contributed by atoms with Gasteiger partial charge in [0.1, 0.15) is 12.6 Å². The van der Waals surface area contributed by atoms with Gasteiger partial charge in [-0.25, -0.2) is 8.42 Å². The van der Waals surface area contributed by atoms with Gasteiger partial charge in [0.2, 0.25) is 21.8 Å². The molecule has 0 saturated heterocycles. The molecule has 0 unspecified atom stereocenters. The third-order valence-corrected chi connectivity index (χ3v) is 7.26.